The molecule has 0 saturated heterocycles. The lowest BCUT2D eigenvalue weighted by molar-refractivity contribution is 0.204. The minimum atomic E-state index is 0.250. The Bertz CT molecular complexity index is 147. The monoisotopic (exact) mass is 334 g/mol. The Morgan fingerprint density at radius 3 is 1.09 bits per heavy atom. The molecule has 0 heterocycles. The fourth-order valence-corrected chi connectivity index (χ4v) is 2.40. The van der Waals surface area contributed by atoms with Gasteiger partial charge in [-0.1, -0.05) is 78.1 Å². The standard InChI is InChI=1S/C16H34O.2C2H6O/c1-3-5-7-9-11-13-16(15-17)14-12-10-8-6-4-2;2*1-2-3/h16-17H,3-15H2,1-2H3;2*3H,2H2,1H3. The highest BCUT2D eigenvalue weighted by atomic mass is 16.3. The molecule has 0 aromatic rings. The van der Waals surface area contributed by atoms with Crippen LogP contribution in [0.2, 0.25) is 0 Å². The van der Waals surface area contributed by atoms with E-state index in [0.717, 1.165) is 0 Å². The molecule has 0 rings (SSSR count). The molecule has 0 radical (unpaired) electrons. The fraction of sp³-hybridized carbons (Fsp3) is 1.00. The second kappa shape index (κ2) is 29.8. The molecule has 0 saturated carbocycles. The van der Waals surface area contributed by atoms with Gasteiger partial charge in [0.2, 0.25) is 0 Å². The summed E-state index contributed by atoms with van der Waals surface area (Å²) in [6.07, 6.45) is 16.0. The van der Waals surface area contributed by atoms with Gasteiger partial charge in [-0.05, 0) is 32.6 Å². The highest BCUT2D eigenvalue weighted by molar-refractivity contribution is 4.59. The van der Waals surface area contributed by atoms with Gasteiger partial charge in [0.15, 0.2) is 0 Å². The molecule has 3 heteroatoms. The van der Waals surface area contributed by atoms with Crippen molar-refractivity contribution in [1.82, 2.24) is 0 Å². The van der Waals surface area contributed by atoms with Crippen molar-refractivity contribution in [2.24, 2.45) is 5.92 Å². The summed E-state index contributed by atoms with van der Waals surface area (Å²) in [5.41, 5.74) is 0. The lowest BCUT2D eigenvalue weighted by atomic mass is 9.95. The van der Waals surface area contributed by atoms with E-state index in [1.165, 1.54) is 77.0 Å². The first-order valence-electron chi connectivity index (χ1n) is 10.0. The Morgan fingerprint density at radius 2 is 0.826 bits per heavy atom. The number of hydrogen-bond donors (Lipinski definition) is 3. The van der Waals surface area contributed by atoms with Gasteiger partial charge in [0.05, 0.1) is 0 Å². The van der Waals surface area contributed by atoms with Crippen molar-refractivity contribution < 1.29 is 15.3 Å². The van der Waals surface area contributed by atoms with Crippen molar-refractivity contribution in [1.29, 1.82) is 0 Å². The van der Waals surface area contributed by atoms with Crippen LogP contribution in [0.4, 0.5) is 0 Å². The molecule has 0 spiro atoms. The predicted octanol–water partition coefficient (Wildman–Crippen LogP) is 5.31. The Balaban J connectivity index is -0.000000573. The second-order valence-electron chi connectivity index (χ2n) is 6.09. The normalized spacial score (nSPS) is 9.91. The fourth-order valence-electron chi connectivity index (χ4n) is 2.40. The van der Waals surface area contributed by atoms with E-state index < -0.39 is 0 Å². The predicted molar refractivity (Wildman–Crippen MR) is 103 cm³/mol. The molecule has 0 aliphatic heterocycles. The van der Waals surface area contributed by atoms with E-state index in [0.29, 0.717) is 12.5 Å². The smallest absolute Gasteiger partial charge is 0.0459 e. The molecule has 0 aromatic carbocycles. The van der Waals surface area contributed by atoms with Crippen LogP contribution in [-0.4, -0.2) is 35.1 Å². The molecular weight excluding hydrogens is 288 g/mol. The van der Waals surface area contributed by atoms with Crippen LogP contribution >= 0.6 is 0 Å². The van der Waals surface area contributed by atoms with Gasteiger partial charge in [0.1, 0.15) is 0 Å². The molecule has 0 aliphatic carbocycles. The lowest BCUT2D eigenvalue weighted by Crippen LogP contribution is -2.06. The first-order valence-corrected chi connectivity index (χ1v) is 10.0. The van der Waals surface area contributed by atoms with Gasteiger partial charge in [0, 0.05) is 19.8 Å². The zero-order valence-corrected chi connectivity index (χ0v) is 16.5. The third-order valence-corrected chi connectivity index (χ3v) is 3.69. The van der Waals surface area contributed by atoms with Crippen LogP contribution in [0, 0.1) is 5.92 Å². The summed E-state index contributed by atoms with van der Waals surface area (Å²) in [5, 5.41) is 24.5. The van der Waals surface area contributed by atoms with Crippen molar-refractivity contribution in [3.8, 4) is 0 Å². The number of unbranched alkanes of at least 4 members (excludes halogenated alkanes) is 8. The Morgan fingerprint density at radius 1 is 0.522 bits per heavy atom. The summed E-state index contributed by atoms with van der Waals surface area (Å²) in [6.45, 7) is 8.78. The van der Waals surface area contributed by atoms with Crippen molar-refractivity contribution in [3.63, 3.8) is 0 Å². The van der Waals surface area contributed by atoms with E-state index in [1.807, 2.05) is 0 Å². The van der Waals surface area contributed by atoms with Gasteiger partial charge in [-0.25, -0.2) is 0 Å². The summed E-state index contributed by atoms with van der Waals surface area (Å²) in [6, 6.07) is 0. The Kier molecular flexibility index (Phi) is 36.0. The quantitative estimate of drug-likeness (QED) is 0.400. The highest BCUT2D eigenvalue weighted by Gasteiger charge is 2.06. The molecule has 0 fully saturated rings. The van der Waals surface area contributed by atoms with Gasteiger partial charge < -0.3 is 15.3 Å². The van der Waals surface area contributed by atoms with E-state index in [9.17, 15) is 5.11 Å². The van der Waals surface area contributed by atoms with Crippen LogP contribution < -0.4 is 0 Å². The van der Waals surface area contributed by atoms with Crippen LogP contribution in [0.3, 0.4) is 0 Å². The second-order valence-corrected chi connectivity index (χ2v) is 6.09. The molecule has 3 nitrogen and oxygen atoms in total. The van der Waals surface area contributed by atoms with E-state index >= 15 is 0 Å². The highest BCUT2D eigenvalue weighted by Crippen LogP contribution is 2.18. The Hall–Kier alpha value is -0.120. The van der Waals surface area contributed by atoms with Crippen molar-refractivity contribution >= 4 is 0 Å². The first kappa shape index (κ1) is 27.7. The average Bonchev–Trinajstić information content (AvgIpc) is 2.54. The lowest BCUT2D eigenvalue weighted by Gasteiger charge is -2.13. The molecule has 144 valence electrons. The summed E-state index contributed by atoms with van der Waals surface area (Å²) in [5.74, 6) is 0.582. The minimum Gasteiger partial charge on any atom is -0.397 e. The molecule has 3 N–H and O–H groups in total. The molecule has 0 amide bonds. The number of aliphatic hydroxyl groups is 3. The van der Waals surface area contributed by atoms with E-state index in [1.54, 1.807) is 13.8 Å². The number of rotatable bonds is 13. The number of aliphatic hydroxyl groups excluding tert-OH is 3. The van der Waals surface area contributed by atoms with Crippen LogP contribution in [0.5, 0.6) is 0 Å². The van der Waals surface area contributed by atoms with E-state index in [4.69, 9.17) is 10.2 Å². The summed E-state index contributed by atoms with van der Waals surface area (Å²) >= 11 is 0. The van der Waals surface area contributed by atoms with Crippen molar-refractivity contribution in [2.45, 2.75) is 105 Å². The first-order chi connectivity index (χ1) is 11.2. The molecular formula is C20H46O3. The largest absolute Gasteiger partial charge is 0.397 e. The summed E-state index contributed by atoms with van der Waals surface area (Å²) in [7, 11) is 0. The third-order valence-electron chi connectivity index (χ3n) is 3.69. The van der Waals surface area contributed by atoms with Crippen LogP contribution in [0.15, 0.2) is 0 Å². The van der Waals surface area contributed by atoms with Crippen molar-refractivity contribution in [2.75, 3.05) is 19.8 Å². The zero-order chi connectivity index (χ0) is 18.2. The van der Waals surface area contributed by atoms with E-state index in [2.05, 4.69) is 13.8 Å². The molecule has 0 aliphatic rings. The van der Waals surface area contributed by atoms with Gasteiger partial charge in [-0.3, -0.25) is 0 Å². The van der Waals surface area contributed by atoms with E-state index in [-0.39, 0.29) is 13.2 Å². The van der Waals surface area contributed by atoms with Crippen LogP contribution in [0.1, 0.15) is 105 Å². The maximum Gasteiger partial charge on any atom is 0.0459 e. The molecule has 0 bridgehead atoms. The zero-order valence-electron chi connectivity index (χ0n) is 16.5. The van der Waals surface area contributed by atoms with Gasteiger partial charge in [-0.2, -0.15) is 0 Å². The minimum absolute atomic E-state index is 0.250. The Labute approximate surface area is 146 Å². The summed E-state index contributed by atoms with van der Waals surface area (Å²) in [4.78, 5) is 0. The molecule has 0 aromatic heterocycles. The summed E-state index contributed by atoms with van der Waals surface area (Å²) < 4.78 is 0. The van der Waals surface area contributed by atoms with Gasteiger partial charge in [0.25, 0.3) is 0 Å². The van der Waals surface area contributed by atoms with Crippen LogP contribution in [-0.2, 0) is 0 Å². The molecule has 0 atom stereocenters. The van der Waals surface area contributed by atoms with Gasteiger partial charge in [-0.15, -0.1) is 0 Å². The number of hydrogen-bond acceptors (Lipinski definition) is 3. The SMILES string of the molecule is CCCCCCCC(CO)CCCCCCC.CCO.CCO. The average molecular weight is 335 g/mol. The van der Waals surface area contributed by atoms with Crippen molar-refractivity contribution in [3.05, 3.63) is 0 Å². The topological polar surface area (TPSA) is 60.7 Å². The maximum absolute atomic E-state index is 9.33. The third kappa shape index (κ3) is 34.3. The maximum atomic E-state index is 9.33. The molecule has 0 unspecified atom stereocenters. The van der Waals surface area contributed by atoms with Gasteiger partial charge >= 0.3 is 0 Å². The molecule has 23 heavy (non-hydrogen) atoms. The van der Waals surface area contributed by atoms with Crippen LogP contribution in [0.25, 0.3) is 0 Å².